The lowest BCUT2D eigenvalue weighted by Crippen LogP contribution is -2.33. The van der Waals surface area contributed by atoms with Crippen molar-refractivity contribution in [2.24, 2.45) is 0 Å². The average Bonchev–Trinajstić information content (AvgIpc) is 3.08. The number of methoxy groups -OCH3 is 2. The summed E-state index contributed by atoms with van der Waals surface area (Å²) in [6, 6.07) is 9.18. The first-order valence-corrected chi connectivity index (χ1v) is 11.7. The number of carbonyl (C=O) groups is 2. The molecule has 1 N–H and O–H groups in total. The van der Waals surface area contributed by atoms with Crippen molar-refractivity contribution in [3.63, 3.8) is 0 Å². The van der Waals surface area contributed by atoms with Gasteiger partial charge in [-0.3, -0.25) is 9.59 Å². The Morgan fingerprint density at radius 3 is 2.46 bits per heavy atom. The molecule has 0 aromatic heterocycles. The summed E-state index contributed by atoms with van der Waals surface area (Å²) in [7, 11) is 2.85. The topological polar surface area (TPSA) is 94.5 Å². The standard InChI is InChI=1S/C26H30ClNO7/c1-6-34-17-9-7-8-16(12-17)23-22(25(30)26(31)28(23)10-11-35-15(2)3)24(29)18-13-21(33-5)19(27)14-20(18)32-4/h7-9,12-15,23,29H,6,10-11H2,1-5H3/b24-22+. The molecule has 0 spiro atoms. The summed E-state index contributed by atoms with van der Waals surface area (Å²) in [5.41, 5.74) is 0.716. The van der Waals surface area contributed by atoms with Gasteiger partial charge in [-0.25, -0.2) is 0 Å². The molecule has 2 aromatic carbocycles. The van der Waals surface area contributed by atoms with Crippen molar-refractivity contribution >= 4 is 29.1 Å². The number of hydrogen-bond acceptors (Lipinski definition) is 7. The molecule has 0 aliphatic carbocycles. The molecule has 1 heterocycles. The Balaban J connectivity index is 2.20. The summed E-state index contributed by atoms with van der Waals surface area (Å²) in [6.45, 7) is 6.47. The Hall–Kier alpha value is -3.23. The second kappa shape index (κ2) is 11.5. The fraction of sp³-hybridized carbons (Fsp3) is 0.385. The average molecular weight is 504 g/mol. The van der Waals surface area contributed by atoms with Gasteiger partial charge in [0, 0.05) is 12.6 Å². The van der Waals surface area contributed by atoms with Crippen molar-refractivity contribution in [3.05, 3.63) is 58.1 Å². The molecule has 0 bridgehead atoms. The van der Waals surface area contributed by atoms with Gasteiger partial charge < -0.3 is 29.0 Å². The Bertz CT molecular complexity index is 1130. The van der Waals surface area contributed by atoms with E-state index in [2.05, 4.69) is 0 Å². The zero-order chi connectivity index (χ0) is 25.7. The number of nitrogens with zero attached hydrogens (tertiary/aromatic N) is 1. The fourth-order valence-electron chi connectivity index (χ4n) is 3.98. The molecule has 3 rings (SSSR count). The summed E-state index contributed by atoms with van der Waals surface area (Å²) >= 11 is 6.21. The lowest BCUT2D eigenvalue weighted by atomic mass is 9.94. The SMILES string of the molecule is CCOc1cccc(C2/C(=C(\O)c3cc(OC)c(Cl)cc3OC)C(=O)C(=O)N2CCOC(C)C)c1. The number of Topliss-reactive ketones (excluding diaryl/α,β-unsaturated/α-hetero) is 1. The van der Waals surface area contributed by atoms with Crippen LogP contribution in [0.4, 0.5) is 0 Å². The third-order valence-electron chi connectivity index (χ3n) is 5.54. The van der Waals surface area contributed by atoms with E-state index in [1.54, 1.807) is 24.3 Å². The minimum Gasteiger partial charge on any atom is -0.507 e. The number of aliphatic hydroxyl groups excluding tert-OH is 1. The van der Waals surface area contributed by atoms with Crippen molar-refractivity contribution in [1.82, 2.24) is 4.90 Å². The van der Waals surface area contributed by atoms with Crippen LogP contribution in [0, 0.1) is 0 Å². The maximum atomic E-state index is 13.3. The van der Waals surface area contributed by atoms with Crippen LogP contribution in [0.2, 0.25) is 5.02 Å². The molecule has 0 radical (unpaired) electrons. The summed E-state index contributed by atoms with van der Waals surface area (Å²) in [5, 5.41) is 11.7. The smallest absolute Gasteiger partial charge is 0.295 e. The first-order chi connectivity index (χ1) is 16.7. The van der Waals surface area contributed by atoms with Crippen molar-refractivity contribution in [1.29, 1.82) is 0 Å². The lowest BCUT2D eigenvalue weighted by molar-refractivity contribution is -0.140. The van der Waals surface area contributed by atoms with E-state index in [1.807, 2.05) is 20.8 Å². The van der Waals surface area contributed by atoms with Crippen LogP contribution < -0.4 is 14.2 Å². The number of benzene rings is 2. The van der Waals surface area contributed by atoms with Gasteiger partial charge in [-0.2, -0.15) is 0 Å². The van der Waals surface area contributed by atoms with Gasteiger partial charge in [0.2, 0.25) is 0 Å². The van der Waals surface area contributed by atoms with Crippen molar-refractivity contribution in [2.45, 2.75) is 32.9 Å². The molecule has 188 valence electrons. The van der Waals surface area contributed by atoms with Crippen LogP contribution in [0.25, 0.3) is 5.76 Å². The third kappa shape index (κ3) is 5.55. The van der Waals surface area contributed by atoms with Gasteiger partial charge in [-0.05, 0) is 44.5 Å². The van der Waals surface area contributed by atoms with E-state index in [-0.39, 0.29) is 46.9 Å². The Kier molecular flexibility index (Phi) is 8.64. The number of amides is 1. The molecule has 1 fully saturated rings. The number of aliphatic hydroxyl groups is 1. The number of halogens is 1. The van der Waals surface area contributed by atoms with E-state index >= 15 is 0 Å². The Morgan fingerprint density at radius 1 is 1.11 bits per heavy atom. The molecule has 0 saturated carbocycles. The van der Waals surface area contributed by atoms with E-state index in [0.717, 1.165) is 0 Å². The quantitative estimate of drug-likeness (QED) is 0.287. The van der Waals surface area contributed by atoms with Crippen LogP contribution in [0.3, 0.4) is 0 Å². The van der Waals surface area contributed by atoms with Gasteiger partial charge in [-0.15, -0.1) is 0 Å². The molecule has 1 saturated heterocycles. The second-order valence-electron chi connectivity index (χ2n) is 8.10. The van der Waals surface area contributed by atoms with Gasteiger partial charge in [-0.1, -0.05) is 23.7 Å². The molecule has 2 aromatic rings. The zero-order valence-corrected chi connectivity index (χ0v) is 21.2. The number of ketones is 1. The number of likely N-dealkylation sites (tertiary alicyclic amines) is 1. The van der Waals surface area contributed by atoms with Crippen LogP contribution in [0.1, 0.15) is 37.9 Å². The zero-order valence-electron chi connectivity index (χ0n) is 20.5. The van der Waals surface area contributed by atoms with Gasteiger partial charge in [0.1, 0.15) is 23.0 Å². The Labute approximate surface area is 210 Å². The number of rotatable bonds is 10. The van der Waals surface area contributed by atoms with Crippen molar-refractivity contribution in [3.8, 4) is 17.2 Å². The van der Waals surface area contributed by atoms with Gasteiger partial charge in [0.15, 0.2) is 0 Å². The number of carbonyl (C=O) groups excluding carboxylic acids is 2. The molecule has 1 atom stereocenters. The molecular weight excluding hydrogens is 474 g/mol. The first kappa shape index (κ1) is 26.4. The van der Waals surface area contributed by atoms with E-state index < -0.39 is 23.5 Å². The highest BCUT2D eigenvalue weighted by Crippen LogP contribution is 2.43. The monoisotopic (exact) mass is 503 g/mol. The summed E-state index contributed by atoms with van der Waals surface area (Å²) in [5.74, 6) is -0.845. The largest absolute Gasteiger partial charge is 0.507 e. The highest BCUT2D eigenvalue weighted by molar-refractivity contribution is 6.46. The molecule has 1 aliphatic heterocycles. The van der Waals surface area contributed by atoms with Crippen LogP contribution in [0.5, 0.6) is 17.2 Å². The van der Waals surface area contributed by atoms with Gasteiger partial charge in [0.25, 0.3) is 11.7 Å². The normalized spacial score (nSPS) is 17.2. The van der Waals surface area contributed by atoms with Gasteiger partial charge >= 0.3 is 0 Å². The number of hydrogen-bond donors (Lipinski definition) is 1. The molecule has 35 heavy (non-hydrogen) atoms. The van der Waals surface area contributed by atoms with Gasteiger partial charge in [0.05, 0.1) is 55.7 Å². The predicted octanol–water partition coefficient (Wildman–Crippen LogP) is 4.60. The van der Waals surface area contributed by atoms with E-state index in [1.165, 1.54) is 31.3 Å². The Morgan fingerprint density at radius 2 is 1.83 bits per heavy atom. The molecule has 1 unspecified atom stereocenters. The van der Waals surface area contributed by atoms with Crippen molar-refractivity contribution < 1.29 is 33.6 Å². The maximum Gasteiger partial charge on any atom is 0.295 e. The van der Waals surface area contributed by atoms with Crippen LogP contribution in [-0.4, -0.2) is 61.8 Å². The highest BCUT2D eigenvalue weighted by atomic mass is 35.5. The fourth-order valence-corrected chi connectivity index (χ4v) is 4.21. The first-order valence-electron chi connectivity index (χ1n) is 11.3. The summed E-state index contributed by atoms with van der Waals surface area (Å²) < 4.78 is 21.9. The molecular formula is C26H30ClNO7. The molecule has 1 aliphatic rings. The van der Waals surface area contributed by atoms with E-state index in [4.69, 9.17) is 30.5 Å². The third-order valence-corrected chi connectivity index (χ3v) is 5.83. The summed E-state index contributed by atoms with van der Waals surface area (Å²) in [6.07, 6.45) is -0.0441. The minimum atomic E-state index is -0.863. The predicted molar refractivity (Wildman–Crippen MR) is 132 cm³/mol. The molecule has 1 amide bonds. The van der Waals surface area contributed by atoms with Crippen LogP contribution >= 0.6 is 11.6 Å². The van der Waals surface area contributed by atoms with Crippen LogP contribution in [-0.2, 0) is 14.3 Å². The maximum absolute atomic E-state index is 13.3. The summed E-state index contributed by atoms with van der Waals surface area (Å²) in [4.78, 5) is 27.8. The molecule has 9 heteroatoms. The molecule has 8 nitrogen and oxygen atoms in total. The lowest BCUT2D eigenvalue weighted by Gasteiger charge is -2.26. The second-order valence-corrected chi connectivity index (χ2v) is 8.51. The van der Waals surface area contributed by atoms with Crippen molar-refractivity contribution in [2.75, 3.05) is 34.0 Å². The van der Waals surface area contributed by atoms with E-state index in [0.29, 0.717) is 17.9 Å². The number of ether oxygens (including phenoxy) is 4. The highest BCUT2D eigenvalue weighted by Gasteiger charge is 2.46. The minimum absolute atomic E-state index is 0.0441. The van der Waals surface area contributed by atoms with E-state index in [9.17, 15) is 14.7 Å². The van der Waals surface area contributed by atoms with Crippen LogP contribution in [0.15, 0.2) is 42.0 Å².